The van der Waals surface area contributed by atoms with Gasteiger partial charge in [-0.15, -0.1) is 16.9 Å². The van der Waals surface area contributed by atoms with E-state index in [4.69, 9.17) is 5.11 Å². The van der Waals surface area contributed by atoms with Crippen LogP contribution in [0.15, 0.2) is 39.4 Å². The first kappa shape index (κ1) is 18.5. The van der Waals surface area contributed by atoms with Crippen molar-refractivity contribution in [2.24, 2.45) is 10.2 Å². The molecule has 1 fully saturated rings. The first-order chi connectivity index (χ1) is 11.2. The molecule has 0 spiro atoms. The third-order valence-corrected chi connectivity index (χ3v) is 4.99. The molecule has 1 aromatic rings. The molecule has 0 bridgehead atoms. The van der Waals surface area contributed by atoms with Crippen LogP contribution in [-0.2, 0) is 9.59 Å². The van der Waals surface area contributed by atoms with Crippen molar-refractivity contribution in [1.29, 1.82) is 0 Å². The zero-order valence-electron chi connectivity index (χ0n) is 13.6. The van der Waals surface area contributed by atoms with Crippen LogP contribution < -0.4 is 5.32 Å². The van der Waals surface area contributed by atoms with Crippen molar-refractivity contribution in [3.05, 3.63) is 29.8 Å². The Morgan fingerprint density at radius 1 is 1.38 bits per heavy atom. The van der Waals surface area contributed by atoms with E-state index >= 15 is 0 Å². The third kappa shape index (κ3) is 6.01. The fourth-order valence-electron chi connectivity index (χ4n) is 1.87. The number of carbonyl (C=O) groups excluding carboxylic acids is 1. The molecule has 24 heavy (non-hydrogen) atoms. The lowest BCUT2D eigenvalue weighted by molar-refractivity contribution is -0.138. The fourth-order valence-corrected chi connectivity index (χ4v) is 3.76. The van der Waals surface area contributed by atoms with E-state index in [0.717, 1.165) is 17.3 Å². The summed E-state index contributed by atoms with van der Waals surface area (Å²) in [6.45, 7) is 6.48. The molecule has 1 amide bonds. The Morgan fingerprint density at radius 3 is 2.62 bits per heavy atom. The predicted molar refractivity (Wildman–Crippen MR) is 98.9 cm³/mol. The molecule has 8 heteroatoms. The van der Waals surface area contributed by atoms with Gasteiger partial charge in [0, 0.05) is 9.64 Å². The van der Waals surface area contributed by atoms with Gasteiger partial charge in [-0.05, 0) is 17.7 Å². The van der Waals surface area contributed by atoms with Crippen LogP contribution in [0.5, 0.6) is 0 Å². The van der Waals surface area contributed by atoms with Crippen LogP contribution in [0, 0.1) is 0 Å². The molecule has 0 aliphatic carbocycles. The molecule has 1 aliphatic rings. The normalized spacial score (nSPS) is 19.9. The molecule has 1 aliphatic heterocycles. The number of rotatable bonds is 5. The molecule has 2 rings (SSSR count). The van der Waals surface area contributed by atoms with E-state index in [2.05, 4.69) is 36.3 Å². The number of hydrogen-bond acceptors (Lipinski definition) is 6. The SMILES string of the molecule is CC(C)(C)Sc1ccc(C=NN=C2NC(=O)C(CC(=O)O)S2)cc1. The molecular weight excluding hydrogens is 346 g/mol. The van der Waals surface area contributed by atoms with Crippen LogP contribution in [0.1, 0.15) is 32.8 Å². The first-order valence-electron chi connectivity index (χ1n) is 7.32. The molecule has 1 atom stereocenters. The Balaban J connectivity index is 1.94. The molecule has 1 unspecified atom stereocenters. The highest BCUT2D eigenvalue weighted by molar-refractivity contribution is 8.15. The zero-order valence-corrected chi connectivity index (χ0v) is 15.3. The van der Waals surface area contributed by atoms with Gasteiger partial charge < -0.3 is 10.4 Å². The van der Waals surface area contributed by atoms with Crippen LogP contribution >= 0.6 is 23.5 Å². The van der Waals surface area contributed by atoms with Crippen LogP contribution in [-0.4, -0.2) is 38.4 Å². The summed E-state index contributed by atoms with van der Waals surface area (Å²) in [7, 11) is 0. The number of hydrogen-bond donors (Lipinski definition) is 2. The quantitative estimate of drug-likeness (QED) is 0.475. The second-order valence-corrected chi connectivity index (χ2v) is 9.22. The largest absolute Gasteiger partial charge is 0.481 e. The highest BCUT2D eigenvalue weighted by Gasteiger charge is 2.32. The molecule has 1 saturated heterocycles. The van der Waals surface area contributed by atoms with Crippen LogP contribution in [0.3, 0.4) is 0 Å². The molecule has 1 aromatic carbocycles. The van der Waals surface area contributed by atoms with E-state index in [1.54, 1.807) is 18.0 Å². The van der Waals surface area contributed by atoms with Crippen LogP contribution in [0.4, 0.5) is 0 Å². The van der Waals surface area contributed by atoms with Crippen molar-refractivity contribution in [2.45, 2.75) is 42.1 Å². The summed E-state index contributed by atoms with van der Waals surface area (Å²) in [5.41, 5.74) is 0.897. The summed E-state index contributed by atoms with van der Waals surface area (Å²) in [6.07, 6.45) is 1.36. The lowest BCUT2D eigenvalue weighted by Gasteiger charge is -2.17. The van der Waals surface area contributed by atoms with E-state index in [9.17, 15) is 9.59 Å². The van der Waals surface area contributed by atoms with Crippen molar-refractivity contribution in [3.63, 3.8) is 0 Å². The van der Waals surface area contributed by atoms with E-state index in [0.29, 0.717) is 5.17 Å². The number of amides is 1. The number of aliphatic carboxylic acids is 1. The first-order valence-corrected chi connectivity index (χ1v) is 9.02. The Morgan fingerprint density at radius 2 is 2.04 bits per heavy atom. The highest BCUT2D eigenvalue weighted by Crippen LogP contribution is 2.31. The molecule has 0 saturated carbocycles. The summed E-state index contributed by atoms with van der Waals surface area (Å²) in [4.78, 5) is 23.4. The number of carboxylic acids is 1. The van der Waals surface area contributed by atoms with Gasteiger partial charge in [0.1, 0.15) is 5.25 Å². The molecule has 0 aromatic heterocycles. The van der Waals surface area contributed by atoms with Crippen molar-refractivity contribution in [3.8, 4) is 0 Å². The minimum Gasteiger partial charge on any atom is -0.481 e. The monoisotopic (exact) mass is 365 g/mol. The lowest BCUT2D eigenvalue weighted by atomic mass is 10.2. The maximum Gasteiger partial charge on any atom is 0.305 e. The van der Waals surface area contributed by atoms with Gasteiger partial charge in [-0.3, -0.25) is 9.59 Å². The molecule has 6 nitrogen and oxygen atoms in total. The summed E-state index contributed by atoms with van der Waals surface area (Å²) >= 11 is 2.87. The topological polar surface area (TPSA) is 91.1 Å². The second kappa shape index (κ2) is 7.85. The summed E-state index contributed by atoms with van der Waals surface area (Å²) in [5, 5.41) is 18.8. The second-order valence-electron chi connectivity index (χ2n) is 6.13. The number of nitrogens with one attached hydrogen (secondary N) is 1. The van der Waals surface area contributed by atoms with Gasteiger partial charge in [-0.1, -0.05) is 44.7 Å². The van der Waals surface area contributed by atoms with Crippen LogP contribution in [0.25, 0.3) is 0 Å². The Kier molecular flexibility index (Phi) is 6.06. The van der Waals surface area contributed by atoms with Gasteiger partial charge in [0.05, 0.1) is 12.6 Å². The molecule has 0 radical (unpaired) electrons. The number of carboxylic acid groups (broad SMARTS) is 1. The third-order valence-electron chi connectivity index (χ3n) is 2.80. The van der Waals surface area contributed by atoms with E-state index in [-0.39, 0.29) is 17.1 Å². The minimum absolute atomic E-state index is 0.159. The molecule has 2 N–H and O–H groups in total. The standard InChI is InChI=1S/C16H19N3O3S2/c1-16(2,3)24-11-6-4-10(5-7-11)9-17-19-15-18-14(22)12(23-15)8-13(20)21/h4-7,9,12H,8H2,1-3H3,(H,20,21)(H,18,19,22). The zero-order chi connectivity index (χ0) is 17.7. The minimum atomic E-state index is -1.01. The maximum absolute atomic E-state index is 11.6. The average molecular weight is 365 g/mol. The number of benzene rings is 1. The fraction of sp³-hybridized carbons (Fsp3) is 0.375. The van der Waals surface area contributed by atoms with Crippen molar-refractivity contribution < 1.29 is 14.7 Å². The molecule has 128 valence electrons. The molecular formula is C16H19N3O3S2. The number of thioether (sulfide) groups is 2. The summed E-state index contributed by atoms with van der Waals surface area (Å²) < 4.78 is 0.159. The summed E-state index contributed by atoms with van der Waals surface area (Å²) in [6, 6.07) is 7.95. The predicted octanol–water partition coefficient (Wildman–Crippen LogP) is 2.97. The summed E-state index contributed by atoms with van der Waals surface area (Å²) in [5.74, 6) is -1.36. The highest BCUT2D eigenvalue weighted by atomic mass is 32.2. The maximum atomic E-state index is 11.6. The van der Waals surface area contributed by atoms with Crippen molar-refractivity contribution in [1.82, 2.24) is 5.32 Å². The number of carbonyl (C=O) groups is 2. The smallest absolute Gasteiger partial charge is 0.305 e. The van der Waals surface area contributed by atoms with Gasteiger partial charge in [-0.25, -0.2) is 0 Å². The van der Waals surface area contributed by atoms with Gasteiger partial charge >= 0.3 is 5.97 Å². The van der Waals surface area contributed by atoms with Gasteiger partial charge in [0.2, 0.25) is 5.91 Å². The van der Waals surface area contributed by atoms with Crippen molar-refractivity contribution >= 4 is 46.8 Å². The van der Waals surface area contributed by atoms with Crippen LogP contribution in [0.2, 0.25) is 0 Å². The Hall–Kier alpha value is -1.80. The van der Waals surface area contributed by atoms with Crippen molar-refractivity contribution in [2.75, 3.05) is 0 Å². The number of amidine groups is 1. The van der Waals surface area contributed by atoms with E-state index in [1.165, 1.54) is 4.90 Å². The Labute approximate surface area is 149 Å². The van der Waals surface area contributed by atoms with E-state index in [1.807, 2.05) is 24.3 Å². The average Bonchev–Trinajstić information content (AvgIpc) is 2.79. The number of nitrogens with zero attached hydrogens (tertiary/aromatic N) is 2. The van der Waals surface area contributed by atoms with Gasteiger partial charge in [-0.2, -0.15) is 5.10 Å². The molecule has 1 heterocycles. The van der Waals surface area contributed by atoms with E-state index < -0.39 is 11.2 Å². The Bertz CT molecular complexity index is 679. The lowest BCUT2D eigenvalue weighted by Crippen LogP contribution is -2.26. The van der Waals surface area contributed by atoms with Gasteiger partial charge in [0.15, 0.2) is 5.17 Å². The van der Waals surface area contributed by atoms with Gasteiger partial charge in [0.25, 0.3) is 0 Å².